The van der Waals surface area contributed by atoms with Gasteiger partial charge in [0.25, 0.3) is 11.7 Å². The largest absolute Gasteiger partial charge is 0.508 e. The number of phenolic OH excluding ortho intramolecular Hbond substituents is 1. The third-order valence-corrected chi connectivity index (χ3v) is 7.04. The van der Waals surface area contributed by atoms with Gasteiger partial charge >= 0.3 is 5.97 Å². The number of phenols is 1. The third-order valence-electron chi connectivity index (χ3n) is 7.04. The molecule has 0 bridgehead atoms. The van der Waals surface area contributed by atoms with Crippen LogP contribution in [0.25, 0.3) is 11.1 Å². The Kier molecular flexibility index (Phi) is 13.9. The number of hydrogen-bond acceptors (Lipinski definition) is 12. The quantitative estimate of drug-likeness (QED) is 0.0731. The third kappa shape index (κ3) is 9.94. The maximum atomic E-state index is 12.8. The van der Waals surface area contributed by atoms with Gasteiger partial charge < -0.3 is 60.2 Å². The van der Waals surface area contributed by atoms with Crippen molar-refractivity contribution in [3.63, 3.8) is 0 Å². The lowest BCUT2D eigenvalue weighted by Crippen LogP contribution is -2.68. The average molecular weight is 647 g/mol. The molecule has 1 fully saturated rings. The average Bonchev–Trinajstić information content (AvgIpc) is 3.05. The van der Waals surface area contributed by atoms with Crippen LogP contribution in [0, 0.1) is 12.3 Å². The van der Waals surface area contributed by atoms with E-state index < -0.39 is 73.6 Å². The summed E-state index contributed by atoms with van der Waals surface area (Å²) < 4.78 is 21.5. The number of benzene rings is 2. The molecule has 2 amide bonds. The van der Waals surface area contributed by atoms with Crippen LogP contribution in [0.1, 0.15) is 16.8 Å². The van der Waals surface area contributed by atoms with E-state index in [1.807, 2.05) is 0 Å². The van der Waals surface area contributed by atoms with Crippen molar-refractivity contribution in [2.24, 2.45) is 0 Å². The predicted molar refractivity (Wildman–Crippen MR) is 159 cm³/mol. The number of amides is 2. The zero-order chi connectivity index (χ0) is 33.7. The Labute approximate surface area is 264 Å². The number of aliphatic carboxylic acids is 1. The number of carbonyl (C=O) groups excluding carboxylic acids is 2. The summed E-state index contributed by atoms with van der Waals surface area (Å²) in [5.41, 5.74) is 1.81. The Morgan fingerprint density at radius 1 is 1.00 bits per heavy atom. The number of carboxylic acid groups (broad SMARTS) is 1. The Bertz CT molecular complexity index is 1330. The lowest BCUT2D eigenvalue weighted by Gasteiger charge is -2.46. The van der Waals surface area contributed by atoms with Crippen LogP contribution >= 0.6 is 0 Å². The molecule has 1 aliphatic heterocycles. The number of rotatable bonds is 17. The van der Waals surface area contributed by atoms with Crippen LogP contribution in [0.2, 0.25) is 0 Å². The van der Waals surface area contributed by atoms with Gasteiger partial charge in [-0.15, -0.1) is 6.42 Å². The zero-order valence-corrected chi connectivity index (χ0v) is 24.8. The van der Waals surface area contributed by atoms with Crippen LogP contribution in [0.3, 0.4) is 0 Å². The van der Waals surface area contributed by atoms with Gasteiger partial charge in [-0.25, -0.2) is 4.79 Å². The van der Waals surface area contributed by atoms with Crippen LogP contribution in [0.4, 0.5) is 0 Å². The summed E-state index contributed by atoms with van der Waals surface area (Å²) in [4.78, 5) is 37.0. The molecule has 0 saturated carbocycles. The zero-order valence-electron chi connectivity index (χ0n) is 24.8. The molecule has 0 unspecified atom stereocenters. The molecule has 0 spiro atoms. The van der Waals surface area contributed by atoms with E-state index in [0.29, 0.717) is 0 Å². The van der Waals surface area contributed by atoms with Gasteiger partial charge in [-0.3, -0.25) is 9.59 Å². The van der Waals surface area contributed by atoms with E-state index in [1.54, 1.807) is 24.3 Å². The standard InChI is InChI=1S/C31H38N2O13/c1-2-11-43-12-13-44-14-15-45-31(30(41)42)16-23(36)26(33-25(38)18-34)28(46-31)27(39)24(37)17-32-29(40)21-5-3-19(4-6-21)20-7-9-22(35)10-8-20/h1,3-10,23-24,26-28,34-37,39H,11-18H2,(H,32,40)(H,33,38)(H,41,42)/t23-,24+,26+,27+,28+,31+/m0/s1. The van der Waals surface area contributed by atoms with Crippen LogP contribution in [-0.4, -0.2) is 131 Å². The van der Waals surface area contributed by atoms with Crippen LogP contribution in [0.5, 0.6) is 5.75 Å². The first-order chi connectivity index (χ1) is 22.0. The number of hydrogen-bond donors (Lipinski definition) is 8. The smallest absolute Gasteiger partial charge is 0.364 e. The first-order valence-electron chi connectivity index (χ1n) is 14.3. The fourth-order valence-corrected chi connectivity index (χ4v) is 4.67. The van der Waals surface area contributed by atoms with E-state index in [2.05, 4.69) is 16.6 Å². The molecule has 0 aromatic heterocycles. The summed E-state index contributed by atoms with van der Waals surface area (Å²) in [6, 6.07) is 11.4. The molecular weight excluding hydrogens is 608 g/mol. The van der Waals surface area contributed by atoms with Gasteiger partial charge in [-0.05, 0) is 35.4 Å². The van der Waals surface area contributed by atoms with Crippen LogP contribution < -0.4 is 10.6 Å². The minimum absolute atomic E-state index is 0.0934. The molecule has 15 heteroatoms. The number of terminal acetylenes is 1. The van der Waals surface area contributed by atoms with Gasteiger partial charge in [0.1, 0.15) is 31.2 Å². The number of aliphatic hydroxyl groups excluding tert-OH is 4. The van der Waals surface area contributed by atoms with Gasteiger partial charge in [0.2, 0.25) is 5.91 Å². The maximum Gasteiger partial charge on any atom is 0.364 e. The lowest BCUT2D eigenvalue weighted by atomic mass is 9.88. The molecule has 1 saturated heterocycles. The molecule has 46 heavy (non-hydrogen) atoms. The van der Waals surface area contributed by atoms with Crippen molar-refractivity contribution in [1.29, 1.82) is 0 Å². The molecule has 15 nitrogen and oxygen atoms in total. The van der Waals surface area contributed by atoms with E-state index in [0.717, 1.165) is 11.1 Å². The highest BCUT2D eigenvalue weighted by molar-refractivity contribution is 5.94. The molecule has 0 radical (unpaired) electrons. The van der Waals surface area contributed by atoms with Crippen molar-refractivity contribution in [3.05, 3.63) is 54.1 Å². The second kappa shape index (κ2) is 17.5. The molecule has 250 valence electrons. The fraction of sp³-hybridized carbons (Fsp3) is 0.452. The number of aliphatic hydroxyl groups is 4. The fourth-order valence-electron chi connectivity index (χ4n) is 4.67. The number of ether oxygens (including phenoxy) is 4. The lowest BCUT2D eigenvalue weighted by molar-refractivity contribution is -0.312. The van der Waals surface area contributed by atoms with Crippen molar-refractivity contribution in [2.75, 3.05) is 46.2 Å². The van der Waals surface area contributed by atoms with Gasteiger partial charge in [-0.1, -0.05) is 30.2 Å². The van der Waals surface area contributed by atoms with Gasteiger partial charge in [0.15, 0.2) is 0 Å². The predicted octanol–water partition coefficient (Wildman–Crippen LogP) is -1.40. The second-order valence-electron chi connectivity index (χ2n) is 10.3. The summed E-state index contributed by atoms with van der Waals surface area (Å²) in [6.45, 7) is -1.54. The minimum atomic E-state index is -2.52. The molecule has 8 N–H and O–H groups in total. The van der Waals surface area contributed by atoms with Crippen molar-refractivity contribution >= 4 is 17.8 Å². The first-order valence-corrected chi connectivity index (χ1v) is 14.3. The maximum absolute atomic E-state index is 12.8. The molecule has 3 rings (SSSR count). The van der Waals surface area contributed by atoms with Gasteiger partial charge in [-0.2, -0.15) is 0 Å². The highest BCUT2D eigenvalue weighted by atomic mass is 16.7. The van der Waals surface area contributed by atoms with E-state index in [4.69, 9.17) is 25.4 Å². The van der Waals surface area contributed by atoms with Gasteiger partial charge in [0.05, 0.1) is 44.7 Å². The second-order valence-corrected chi connectivity index (χ2v) is 10.3. The minimum Gasteiger partial charge on any atom is -0.508 e. The van der Waals surface area contributed by atoms with E-state index in [-0.39, 0.29) is 44.3 Å². The highest BCUT2D eigenvalue weighted by Crippen LogP contribution is 2.33. The Morgan fingerprint density at radius 3 is 2.22 bits per heavy atom. The highest BCUT2D eigenvalue weighted by Gasteiger charge is 2.55. The summed E-state index contributed by atoms with van der Waals surface area (Å²) >= 11 is 0. The summed E-state index contributed by atoms with van der Waals surface area (Å²) in [5.74, 6) is -3.35. The summed E-state index contributed by atoms with van der Waals surface area (Å²) in [5, 5.41) is 66.0. The van der Waals surface area contributed by atoms with E-state index >= 15 is 0 Å². The monoisotopic (exact) mass is 646 g/mol. The van der Waals surface area contributed by atoms with Crippen LogP contribution in [-0.2, 0) is 28.5 Å². The Balaban J connectivity index is 1.66. The number of nitrogens with one attached hydrogen (secondary N) is 2. The van der Waals surface area contributed by atoms with Crippen molar-refractivity contribution in [2.45, 2.75) is 42.7 Å². The molecule has 6 atom stereocenters. The van der Waals surface area contributed by atoms with Crippen LogP contribution in [0.15, 0.2) is 48.5 Å². The molecule has 2 aromatic rings. The Hall–Kier alpha value is -4.11. The molecule has 1 heterocycles. The number of carboxylic acids is 1. The molecule has 2 aromatic carbocycles. The molecule has 0 aliphatic carbocycles. The Morgan fingerprint density at radius 2 is 1.61 bits per heavy atom. The molecule has 1 aliphatic rings. The molecular formula is C31H38N2O13. The van der Waals surface area contributed by atoms with Gasteiger partial charge in [0, 0.05) is 18.5 Å². The number of aromatic hydroxyl groups is 1. The topological polar surface area (TPSA) is 234 Å². The van der Waals surface area contributed by atoms with E-state index in [1.165, 1.54) is 24.3 Å². The SMILES string of the molecule is C#CCOCCOCCO[C@]1(C(=O)O)C[C@H](O)[C@@H](NC(=O)CO)[C@H]([C@H](O)[C@H](O)CNC(=O)c2ccc(-c3ccc(O)cc3)cc2)O1. The summed E-state index contributed by atoms with van der Waals surface area (Å²) in [6.07, 6.45) is -2.80. The van der Waals surface area contributed by atoms with Crippen molar-refractivity contribution < 1.29 is 64.0 Å². The number of carbonyl (C=O) groups is 3. The van der Waals surface area contributed by atoms with E-state index in [9.17, 15) is 45.0 Å². The summed E-state index contributed by atoms with van der Waals surface area (Å²) in [7, 11) is 0. The normalized spacial score (nSPS) is 22.3. The first kappa shape index (κ1) is 36.4. The van der Waals surface area contributed by atoms with Crippen molar-refractivity contribution in [1.82, 2.24) is 10.6 Å². The van der Waals surface area contributed by atoms with Crippen molar-refractivity contribution in [3.8, 4) is 29.2 Å².